The number of carbonyl (C=O) groups excluding carboxylic acids is 1. The Morgan fingerprint density at radius 2 is 1.84 bits per heavy atom. The molecule has 0 atom stereocenters. The number of hydrogen-bond acceptors (Lipinski definition) is 3. The molecule has 1 aliphatic carbocycles. The van der Waals surface area contributed by atoms with Crippen molar-refractivity contribution in [2.24, 2.45) is 5.92 Å². The first-order valence-electron chi connectivity index (χ1n) is 7.93. The lowest BCUT2D eigenvalue weighted by molar-refractivity contribution is -0.123. The van der Waals surface area contributed by atoms with Gasteiger partial charge in [0.05, 0.1) is 12.7 Å². The van der Waals surface area contributed by atoms with Crippen LogP contribution in [0.15, 0.2) is 0 Å². The number of hydrogen-bond donors (Lipinski definition) is 2. The standard InChI is InChI=1S/C15H28N2O2/c18-15(17-12-13-4-2-1-3-5-13)8-11-19-14-6-9-16-10-7-14/h13-14,16H,1-12H2,(H,17,18). The lowest BCUT2D eigenvalue weighted by atomic mass is 9.89. The van der Waals surface area contributed by atoms with Gasteiger partial charge in [-0.25, -0.2) is 0 Å². The van der Waals surface area contributed by atoms with Gasteiger partial charge in [-0.05, 0) is 44.7 Å². The third-order valence-electron chi connectivity index (χ3n) is 4.28. The summed E-state index contributed by atoms with van der Waals surface area (Å²) in [5.41, 5.74) is 0. The van der Waals surface area contributed by atoms with Crippen LogP contribution >= 0.6 is 0 Å². The highest BCUT2D eigenvalue weighted by molar-refractivity contribution is 5.75. The van der Waals surface area contributed by atoms with Crippen molar-refractivity contribution in [2.45, 2.75) is 57.5 Å². The molecule has 2 rings (SSSR count). The first kappa shape index (κ1) is 14.8. The fourth-order valence-corrected chi connectivity index (χ4v) is 3.02. The van der Waals surface area contributed by atoms with Crippen molar-refractivity contribution < 1.29 is 9.53 Å². The molecule has 0 aromatic heterocycles. The van der Waals surface area contributed by atoms with Crippen LogP contribution in [-0.4, -0.2) is 38.3 Å². The highest BCUT2D eigenvalue weighted by Crippen LogP contribution is 2.22. The summed E-state index contributed by atoms with van der Waals surface area (Å²) in [4.78, 5) is 11.7. The maximum atomic E-state index is 11.7. The summed E-state index contributed by atoms with van der Waals surface area (Å²) in [6, 6.07) is 0. The number of amides is 1. The van der Waals surface area contributed by atoms with E-state index in [-0.39, 0.29) is 5.91 Å². The molecule has 2 aliphatic rings. The molecule has 0 aromatic carbocycles. The van der Waals surface area contributed by atoms with Gasteiger partial charge >= 0.3 is 0 Å². The molecular weight excluding hydrogens is 240 g/mol. The first-order chi connectivity index (χ1) is 9.34. The van der Waals surface area contributed by atoms with Crippen molar-refractivity contribution >= 4 is 5.91 Å². The minimum absolute atomic E-state index is 0.152. The second-order valence-corrected chi connectivity index (χ2v) is 5.88. The fraction of sp³-hybridized carbons (Fsp3) is 0.933. The van der Waals surface area contributed by atoms with E-state index in [1.807, 2.05) is 0 Å². The molecule has 1 heterocycles. The SMILES string of the molecule is O=C(CCOC1CCNCC1)NCC1CCCCC1. The Bertz CT molecular complexity index is 259. The van der Waals surface area contributed by atoms with Crippen LogP contribution in [0.4, 0.5) is 0 Å². The largest absolute Gasteiger partial charge is 0.378 e. The molecule has 0 spiro atoms. The van der Waals surface area contributed by atoms with Crippen molar-refractivity contribution in [3.05, 3.63) is 0 Å². The molecule has 19 heavy (non-hydrogen) atoms. The molecule has 0 bridgehead atoms. The van der Waals surface area contributed by atoms with E-state index in [1.165, 1.54) is 32.1 Å². The van der Waals surface area contributed by atoms with Crippen molar-refractivity contribution in [1.82, 2.24) is 10.6 Å². The summed E-state index contributed by atoms with van der Waals surface area (Å²) in [6.07, 6.45) is 9.61. The maximum Gasteiger partial charge on any atom is 0.222 e. The van der Waals surface area contributed by atoms with Gasteiger partial charge in [-0.2, -0.15) is 0 Å². The average Bonchev–Trinajstić information content (AvgIpc) is 2.47. The van der Waals surface area contributed by atoms with E-state index in [1.54, 1.807) is 0 Å². The lowest BCUT2D eigenvalue weighted by Gasteiger charge is -2.23. The topological polar surface area (TPSA) is 50.4 Å². The van der Waals surface area contributed by atoms with E-state index in [0.717, 1.165) is 32.5 Å². The van der Waals surface area contributed by atoms with Crippen molar-refractivity contribution in [3.8, 4) is 0 Å². The fourth-order valence-electron chi connectivity index (χ4n) is 3.02. The van der Waals surface area contributed by atoms with Gasteiger partial charge < -0.3 is 15.4 Å². The third-order valence-corrected chi connectivity index (χ3v) is 4.28. The molecule has 110 valence electrons. The smallest absolute Gasteiger partial charge is 0.222 e. The summed E-state index contributed by atoms with van der Waals surface area (Å²) in [7, 11) is 0. The molecule has 0 radical (unpaired) electrons. The van der Waals surface area contributed by atoms with E-state index >= 15 is 0 Å². The molecule has 2 fully saturated rings. The van der Waals surface area contributed by atoms with Crippen LogP contribution in [0, 0.1) is 5.92 Å². The van der Waals surface area contributed by atoms with E-state index in [0.29, 0.717) is 25.0 Å². The van der Waals surface area contributed by atoms with Gasteiger partial charge in [0.2, 0.25) is 5.91 Å². The van der Waals surface area contributed by atoms with Gasteiger partial charge in [-0.15, -0.1) is 0 Å². The Kier molecular flexibility index (Phi) is 6.65. The van der Waals surface area contributed by atoms with Gasteiger partial charge in [0, 0.05) is 13.0 Å². The number of rotatable bonds is 6. The number of piperidine rings is 1. The lowest BCUT2D eigenvalue weighted by Crippen LogP contribution is -2.34. The molecule has 1 amide bonds. The minimum Gasteiger partial charge on any atom is -0.378 e. The van der Waals surface area contributed by atoms with Gasteiger partial charge in [0.1, 0.15) is 0 Å². The van der Waals surface area contributed by atoms with E-state index in [9.17, 15) is 4.79 Å². The minimum atomic E-state index is 0.152. The van der Waals surface area contributed by atoms with Crippen LogP contribution < -0.4 is 10.6 Å². The molecule has 2 N–H and O–H groups in total. The van der Waals surface area contributed by atoms with Crippen molar-refractivity contribution in [3.63, 3.8) is 0 Å². The molecule has 4 heteroatoms. The Balaban J connectivity index is 1.49. The predicted molar refractivity (Wildman–Crippen MR) is 76.0 cm³/mol. The van der Waals surface area contributed by atoms with E-state index < -0.39 is 0 Å². The Labute approximate surface area is 116 Å². The molecule has 0 aromatic rings. The molecule has 0 unspecified atom stereocenters. The summed E-state index contributed by atoms with van der Waals surface area (Å²) in [5, 5.41) is 6.37. The van der Waals surface area contributed by atoms with Gasteiger partial charge in [0.25, 0.3) is 0 Å². The van der Waals surface area contributed by atoms with Crippen LogP contribution in [0.25, 0.3) is 0 Å². The maximum absolute atomic E-state index is 11.7. The van der Waals surface area contributed by atoms with E-state index in [4.69, 9.17) is 4.74 Å². The second kappa shape index (κ2) is 8.54. The van der Waals surface area contributed by atoms with Crippen molar-refractivity contribution in [2.75, 3.05) is 26.2 Å². The van der Waals surface area contributed by atoms with Crippen LogP contribution in [0.2, 0.25) is 0 Å². The van der Waals surface area contributed by atoms with Crippen molar-refractivity contribution in [1.29, 1.82) is 0 Å². The number of carbonyl (C=O) groups is 1. The highest BCUT2D eigenvalue weighted by atomic mass is 16.5. The van der Waals surface area contributed by atoms with Crippen LogP contribution in [0.3, 0.4) is 0 Å². The second-order valence-electron chi connectivity index (χ2n) is 5.88. The Morgan fingerprint density at radius 1 is 1.11 bits per heavy atom. The third kappa shape index (κ3) is 5.91. The Hall–Kier alpha value is -0.610. The van der Waals surface area contributed by atoms with Crippen LogP contribution in [0.5, 0.6) is 0 Å². The Morgan fingerprint density at radius 3 is 2.58 bits per heavy atom. The molecular formula is C15H28N2O2. The van der Waals surface area contributed by atoms with Gasteiger partial charge in [-0.3, -0.25) is 4.79 Å². The zero-order chi connectivity index (χ0) is 13.3. The summed E-state index contributed by atoms with van der Waals surface area (Å²) < 4.78 is 5.74. The highest BCUT2D eigenvalue weighted by Gasteiger charge is 2.15. The molecule has 1 saturated carbocycles. The molecule has 1 aliphatic heterocycles. The summed E-state index contributed by atoms with van der Waals surface area (Å²) in [5.74, 6) is 0.863. The number of nitrogens with one attached hydrogen (secondary N) is 2. The number of ether oxygens (including phenoxy) is 1. The monoisotopic (exact) mass is 268 g/mol. The predicted octanol–water partition coefficient (Wildman–Crippen LogP) is 1.84. The van der Waals surface area contributed by atoms with Gasteiger partial charge in [-0.1, -0.05) is 19.3 Å². The summed E-state index contributed by atoms with van der Waals surface area (Å²) in [6.45, 7) is 3.52. The van der Waals surface area contributed by atoms with E-state index in [2.05, 4.69) is 10.6 Å². The van der Waals surface area contributed by atoms with Crippen LogP contribution in [-0.2, 0) is 9.53 Å². The quantitative estimate of drug-likeness (QED) is 0.773. The first-order valence-corrected chi connectivity index (χ1v) is 7.93. The zero-order valence-corrected chi connectivity index (χ0v) is 12.0. The molecule has 1 saturated heterocycles. The zero-order valence-electron chi connectivity index (χ0n) is 12.0. The average molecular weight is 268 g/mol. The molecule has 4 nitrogen and oxygen atoms in total. The van der Waals surface area contributed by atoms with Crippen LogP contribution in [0.1, 0.15) is 51.4 Å². The van der Waals surface area contributed by atoms with Gasteiger partial charge in [0.15, 0.2) is 0 Å². The summed E-state index contributed by atoms with van der Waals surface area (Å²) >= 11 is 0. The normalized spacial score (nSPS) is 22.3.